The Bertz CT molecular complexity index is 696. The van der Waals surface area contributed by atoms with E-state index < -0.39 is 0 Å². The fourth-order valence-electron chi connectivity index (χ4n) is 2.17. The van der Waals surface area contributed by atoms with Crippen molar-refractivity contribution in [1.82, 2.24) is 4.98 Å². The molecule has 98 valence electrons. The van der Waals surface area contributed by atoms with Crippen LogP contribution in [0.2, 0.25) is 0 Å². The van der Waals surface area contributed by atoms with Crippen molar-refractivity contribution >= 4 is 0 Å². The molecule has 0 saturated heterocycles. The molecular weight excluding hydrogens is 408 g/mol. The Hall–Kier alpha value is -0.202. The summed E-state index contributed by atoms with van der Waals surface area (Å²) in [5.74, 6) is 0. The van der Waals surface area contributed by atoms with E-state index in [1.807, 2.05) is 48.7 Å². The Morgan fingerprint density at radius 1 is 0.810 bits per heavy atom. The predicted molar refractivity (Wildman–Crippen MR) is 77.5 cm³/mol. The standard InChI is InChI=1S/C18H13N.2Y/c1-14-8-2-3-9-15(14)16-10-4-5-11-17(16)18-12-6-7-13-19-18;;/h2-8,11-13H,1H3;;/q-2;;. The van der Waals surface area contributed by atoms with Gasteiger partial charge in [-0.25, -0.2) is 11.1 Å². The summed E-state index contributed by atoms with van der Waals surface area (Å²) in [5.41, 5.74) is 5.39. The van der Waals surface area contributed by atoms with Crippen molar-refractivity contribution in [3.05, 3.63) is 78.5 Å². The topological polar surface area (TPSA) is 12.9 Å². The van der Waals surface area contributed by atoms with Crippen LogP contribution >= 0.6 is 0 Å². The van der Waals surface area contributed by atoms with Crippen LogP contribution < -0.4 is 0 Å². The van der Waals surface area contributed by atoms with Crippen molar-refractivity contribution in [2.45, 2.75) is 6.92 Å². The molecule has 0 aliphatic rings. The summed E-state index contributed by atoms with van der Waals surface area (Å²) in [6.07, 6.45) is 1.81. The van der Waals surface area contributed by atoms with E-state index in [4.69, 9.17) is 0 Å². The average Bonchev–Trinajstić information content (AvgIpc) is 2.49. The third-order valence-corrected chi connectivity index (χ3v) is 3.11. The van der Waals surface area contributed by atoms with Gasteiger partial charge in [0, 0.05) is 77.3 Å². The van der Waals surface area contributed by atoms with Gasteiger partial charge in [-0.3, -0.25) is 4.98 Å². The normalized spacial score (nSPS) is 9.38. The van der Waals surface area contributed by atoms with E-state index >= 15 is 0 Å². The zero-order valence-electron chi connectivity index (χ0n) is 11.9. The Kier molecular flexibility index (Phi) is 8.12. The fourth-order valence-corrected chi connectivity index (χ4v) is 2.17. The largest absolute Gasteiger partial charge is 0.267 e. The minimum absolute atomic E-state index is 0. The van der Waals surface area contributed by atoms with Gasteiger partial charge in [0.2, 0.25) is 0 Å². The number of benzene rings is 2. The van der Waals surface area contributed by atoms with Crippen LogP contribution in [-0.4, -0.2) is 4.98 Å². The molecule has 21 heavy (non-hydrogen) atoms. The third-order valence-electron chi connectivity index (χ3n) is 3.11. The van der Waals surface area contributed by atoms with E-state index in [0.29, 0.717) is 0 Å². The summed E-state index contributed by atoms with van der Waals surface area (Å²) in [7, 11) is 0. The van der Waals surface area contributed by atoms with Gasteiger partial charge in [-0.1, -0.05) is 13.0 Å². The van der Waals surface area contributed by atoms with Gasteiger partial charge >= 0.3 is 0 Å². The van der Waals surface area contributed by atoms with E-state index in [-0.39, 0.29) is 65.4 Å². The summed E-state index contributed by atoms with van der Waals surface area (Å²) < 4.78 is 0. The zero-order valence-corrected chi connectivity index (χ0v) is 17.6. The molecule has 1 nitrogen and oxygen atoms in total. The maximum atomic E-state index is 4.43. The first-order valence-electron chi connectivity index (χ1n) is 6.26. The van der Waals surface area contributed by atoms with Crippen LogP contribution in [0.5, 0.6) is 0 Å². The third kappa shape index (κ3) is 4.39. The molecule has 0 saturated carbocycles. The quantitative estimate of drug-likeness (QED) is 0.562. The molecule has 3 heteroatoms. The number of hydrogen-bond acceptors (Lipinski definition) is 1. The van der Waals surface area contributed by atoms with Gasteiger partial charge in [-0.15, -0.1) is 23.8 Å². The Labute approximate surface area is 176 Å². The Balaban J connectivity index is 0.00000110. The number of hydrogen-bond donors (Lipinski definition) is 0. The molecule has 2 radical (unpaired) electrons. The van der Waals surface area contributed by atoms with Crippen molar-refractivity contribution in [3.63, 3.8) is 0 Å². The van der Waals surface area contributed by atoms with Crippen LogP contribution in [0.4, 0.5) is 0 Å². The van der Waals surface area contributed by atoms with E-state index in [2.05, 4.69) is 36.2 Å². The maximum absolute atomic E-state index is 4.43. The predicted octanol–water partition coefficient (Wildman–Crippen LogP) is 4.32. The second-order valence-corrected chi connectivity index (χ2v) is 4.40. The molecule has 0 bridgehead atoms. The summed E-state index contributed by atoms with van der Waals surface area (Å²) in [6, 6.07) is 24.6. The second kappa shape index (κ2) is 9.05. The van der Waals surface area contributed by atoms with Gasteiger partial charge in [-0.2, -0.15) is 35.9 Å². The number of pyridine rings is 1. The molecule has 0 spiro atoms. The molecule has 0 atom stereocenters. The van der Waals surface area contributed by atoms with Crippen LogP contribution in [0.3, 0.4) is 0 Å². The fraction of sp³-hybridized carbons (Fsp3) is 0.0556. The summed E-state index contributed by atoms with van der Waals surface area (Å²) >= 11 is 0. The number of rotatable bonds is 2. The summed E-state index contributed by atoms with van der Waals surface area (Å²) in [5, 5.41) is 0. The van der Waals surface area contributed by atoms with Gasteiger partial charge in [0.1, 0.15) is 0 Å². The molecule has 3 aromatic rings. The molecule has 0 aliphatic heterocycles. The van der Waals surface area contributed by atoms with Crippen LogP contribution in [0, 0.1) is 19.1 Å². The molecule has 0 amide bonds. The second-order valence-electron chi connectivity index (χ2n) is 4.40. The maximum Gasteiger partial charge on any atom is 0.0265 e. The van der Waals surface area contributed by atoms with Crippen molar-refractivity contribution in [3.8, 4) is 22.4 Å². The zero-order chi connectivity index (χ0) is 13.1. The van der Waals surface area contributed by atoms with E-state index in [1.54, 1.807) is 0 Å². The molecular formula is C18H13NY2-2. The molecule has 0 aliphatic carbocycles. The van der Waals surface area contributed by atoms with E-state index in [9.17, 15) is 0 Å². The first-order chi connectivity index (χ1) is 9.36. The first kappa shape index (κ1) is 18.8. The van der Waals surface area contributed by atoms with E-state index in [0.717, 1.165) is 22.4 Å². The minimum Gasteiger partial charge on any atom is -0.267 e. The summed E-state index contributed by atoms with van der Waals surface area (Å²) in [4.78, 5) is 4.43. The SMILES string of the molecule is Cc1ccc[c-]c1-c1[c-]cccc1-c1ccccn1.[Y].[Y]. The van der Waals surface area contributed by atoms with Gasteiger partial charge in [0.25, 0.3) is 0 Å². The van der Waals surface area contributed by atoms with Crippen LogP contribution in [0.1, 0.15) is 5.56 Å². The van der Waals surface area contributed by atoms with Crippen LogP contribution in [0.15, 0.2) is 60.8 Å². The molecule has 0 fully saturated rings. The van der Waals surface area contributed by atoms with Crippen LogP contribution in [-0.2, 0) is 65.4 Å². The van der Waals surface area contributed by atoms with Gasteiger partial charge in [0.15, 0.2) is 0 Å². The molecule has 1 heterocycles. The van der Waals surface area contributed by atoms with Crippen LogP contribution in [0.25, 0.3) is 22.4 Å². The molecule has 0 unspecified atom stereocenters. The van der Waals surface area contributed by atoms with Crippen molar-refractivity contribution in [2.24, 2.45) is 0 Å². The first-order valence-corrected chi connectivity index (χ1v) is 6.26. The summed E-state index contributed by atoms with van der Waals surface area (Å²) in [6.45, 7) is 2.09. The van der Waals surface area contributed by atoms with Gasteiger partial charge < -0.3 is 0 Å². The Morgan fingerprint density at radius 3 is 2.19 bits per heavy atom. The van der Waals surface area contributed by atoms with Crippen molar-refractivity contribution < 1.29 is 65.4 Å². The minimum atomic E-state index is 0. The average molecular weight is 421 g/mol. The molecule has 3 rings (SSSR count). The number of nitrogens with zero attached hydrogens (tertiary/aromatic N) is 1. The Morgan fingerprint density at radius 2 is 1.52 bits per heavy atom. The monoisotopic (exact) mass is 421 g/mol. The van der Waals surface area contributed by atoms with Crippen molar-refractivity contribution in [1.29, 1.82) is 0 Å². The molecule has 2 aromatic carbocycles. The van der Waals surface area contributed by atoms with Gasteiger partial charge in [0.05, 0.1) is 0 Å². The van der Waals surface area contributed by atoms with Gasteiger partial charge in [-0.05, 0) is 12.1 Å². The molecule has 0 N–H and O–H groups in total. The van der Waals surface area contributed by atoms with Crippen molar-refractivity contribution in [2.75, 3.05) is 0 Å². The number of aryl methyl sites for hydroxylation is 1. The smallest absolute Gasteiger partial charge is 0.0265 e. The molecule has 1 aromatic heterocycles. The van der Waals surface area contributed by atoms with E-state index in [1.165, 1.54) is 5.56 Å². The number of aromatic nitrogens is 1.